The summed E-state index contributed by atoms with van der Waals surface area (Å²) >= 11 is 0. The standard InChI is InChI=1S/C21H32N4O6S/c1-6-19(26)22-16(13-21(3,4)5)20(27)23-11-12-24(15(2)14-23)32(30,31)18-10-8-7-9-17(18)25(28)29/h7-10,15-16H,6,11-14H2,1-5H3,(H,22,26)/t15-,16?/m0/s1. The van der Waals surface area contributed by atoms with Gasteiger partial charge in [0.05, 0.1) is 4.92 Å². The Balaban J connectivity index is 2.22. The minimum absolute atomic E-state index is 0.00521. The van der Waals surface area contributed by atoms with Gasteiger partial charge < -0.3 is 10.2 Å². The van der Waals surface area contributed by atoms with Crippen LogP contribution < -0.4 is 5.32 Å². The maximum Gasteiger partial charge on any atom is 0.289 e. The van der Waals surface area contributed by atoms with E-state index in [1.54, 1.807) is 18.7 Å². The van der Waals surface area contributed by atoms with E-state index in [1.807, 2.05) is 20.8 Å². The van der Waals surface area contributed by atoms with Crippen molar-refractivity contribution >= 4 is 27.5 Å². The Kier molecular flexibility index (Phi) is 8.00. The van der Waals surface area contributed by atoms with Crippen molar-refractivity contribution in [2.45, 2.75) is 64.4 Å². The van der Waals surface area contributed by atoms with E-state index in [9.17, 15) is 28.1 Å². The number of hydrogen-bond acceptors (Lipinski definition) is 6. The Bertz CT molecular complexity index is 973. The topological polar surface area (TPSA) is 130 Å². The number of carbonyl (C=O) groups is 2. The number of nitrogens with one attached hydrogen (secondary N) is 1. The molecule has 0 saturated carbocycles. The molecule has 32 heavy (non-hydrogen) atoms. The molecule has 2 amide bonds. The molecule has 0 bridgehead atoms. The van der Waals surface area contributed by atoms with Gasteiger partial charge in [0, 0.05) is 38.2 Å². The summed E-state index contributed by atoms with van der Waals surface area (Å²) in [6, 6.07) is 3.94. The average molecular weight is 469 g/mol. The quantitative estimate of drug-likeness (QED) is 0.482. The van der Waals surface area contributed by atoms with Crippen LogP contribution in [0, 0.1) is 15.5 Å². The van der Waals surface area contributed by atoms with Crippen LogP contribution in [0.15, 0.2) is 29.2 Å². The summed E-state index contributed by atoms with van der Waals surface area (Å²) in [6.07, 6.45) is 0.701. The van der Waals surface area contributed by atoms with Crippen molar-refractivity contribution in [1.29, 1.82) is 0 Å². The predicted molar refractivity (Wildman–Crippen MR) is 119 cm³/mol. The summed E-state index contributed by atoms with van der Waals surface area (Å²) < 4.78 is 27.5. The first kappa shape index (κ1) is 25.7. The van der Waals surface area contributed by atoms with Crippen LogP contribution in [0.4, 0.5) is 5.69 Å². The number of nitro benzene ring substituents is 1. The fourth-order valence-corrected chi connectivity index (χ4v) is 5.55. The third-order valence-electron chi connectivity index (χ3n) is 5.30. The maximum absolute atomic E-state index is 13.2. The number of nitro groups is 1. The van der Waals surface area contributed by atoms with Crippen molar-refractivity contribution in [3.63, 3.8) is 0 Å². The van der Waals surface area contributed by atoms with Gasteiger partial charge in [0.15, 0.2) is 4.90 Å². The van der Waals surface area contributed by atoms with Crippen LogP contribution in [0.3, 0.4) is 0 Å². The number of para-hydroxylation sites is 1. The van der Waals surface area contributed by atoms with Gasteiger partial charge in [-0.2, -0.15) is 4.31 Å². The lowest BCUT2D eigenvalue weighted by atomic mass is 9.87. The number of carbonyl (C=O) groups excluding carboxylic acids is 2. The van der Waals surface area contributed by atoms with Gasteiger partial charge in [-0.25, -0.2) is 8.42 Å². The Hall–Kier alpha value is -2.53. The van der Waals surface area contributed by atoms with Crippen molar-refractivity contribution in [3.05, 3.63) is 34.4 Å². The molecule has 0 aliphatic carbocycles. The van der Waals surface area contributed by atoms with Gasteiger partial charge in [0.1, 0.15) is 6.04 Å². The molecule has 1 N–H and O–H groups in total. The first-order chi connectivity index (χ1) is 14.8. The smallest absolute Gasteiger partial charge is 0.289 e. The van der Waals surface area contributed by atoms with E-state index in [-0.39, 0.29) is 48.2 Å². The van der Waals surface area contributed by atoms with Gasteiger partial charge in [-0.15, -0.1) is 0 Å². The molecule has 0 spiro atoms. The zero-order chi connectivity index (χ0) is 24.3. The van der Waals surface area contributed by atoms with Crippen molar-refractivity contribution in [3.8, 4) is 0 Å². The second-order valence-corrected chi connectivity index (χ2v) is 11.1. The van der Waals surface area contributed by atoms with E-state index in [4.69, 9.17) is 0 Å². The number of amides is 2. The molecule has 10 nitrogen and oxygen atoms in total. The Morgan fingerprint density at radius 1 is 1.25 bits per heavy atom. The zero-order valence-electron chi connectivity index (χ0n) is 19.2. The molecule has 1 fully saturated rings. The SMILES string of the molecule is CCC(=O)NC(CC(C)(C)C)C(=O)N1CCN(S(=O)(=O)c2ccccc2[N+](=O)[O-])[C@@H](C)C1. The van der Waals surface area contributed by atoms with Crippen molar-refractivity contribution in [2.24, 2.45) is 5.41 Å². The van der Waals surface area contributed by atoms with E-state index in [0.717, 1.165) is 6.07 Å². The second kappa shape index (κ2) is 9.95. The summed E-state index contributed by atoms with van der Waals surface area (Å²) in [7, 11) is -4.12. The summed E-state index contributed by atoms with van der Waals surface area (Å²) in [5.41, 5.74) is -0.685. The Labute approximate surface area is 189 Å². The molecule has 1 aromatic carbocycles. The highest BCUT2D eigenvalue weighted by Gasteiger charge is 2.40. The van der Waals surface area contributed by atoms with Gasteiger partial charge in [-0.1, -0.05) is 39.8 Å². The maximum atomic E-state index is 13.2. The van der Waals surface area contributed by atoms with Crippen LogP contribution in [0.1, 0.15) is 47.5 Å². The van der Waals surface area contributed by atoms with Crippen LogP contribution in [0.25, 0.3) is 0 Å². The number of hydrogen-bond donors (Lipinski definition) is 1. The Morgan fingerprint density at radius 3 is 2.41 bits per heavy atom. The van der Waals surface area contributed by atoms with Gasteiger partial charge in [-0.05, 0) is 24.8 Å². The molecule has 11 heteroatoms. The highest BCUT2D eigenvalue weighted by Crippen LogP contribution is 2.29. The summed E-state index contributed by atoms with van der Waals surface area (Å²) in [5.74, 6) is -0.477. The fourth-order valence-electron chi connectivity index (χ4n) is 3.78. The number of benzene rings is 1. The normalized spacial score (nSPS) is 18.8. The van der Waals surface area contributed by atoms with Crippen molar-refractivity contribution in [1.82, 2.24) is 14.5 Å². The van der Waals surface area contributed by atoms with Gasteiger partial charge in [0.2, 0.25) is 21.8 Å². The first-order valence-corrected chi connectivity index (χ1v) is 12.1. The predicted octanol–water partition coefficient (Wildman–Crippen LogP) is 2.15. The molecule has 178 valence electrons. The molecule has 1 aromatic rings. The fraction of sp³-hybridized carbons (Fsp3) is 0.619. The van der Waals surface area contributed by atoms with Gasteiger partial charge in [0.25, 0.3) is 5.69 Å². The largest absolute Gasteiger partial charge is 0.344 e. The number of rotatable bonds is 7. The molecular weight excluding hydrogens is 436 g/mol. The van der Waals surface area contributed by atoms with E-state index in [2.05, 4.69) is 5.32 Å². The Morgan fingerprint density at radius 2 is 1.88 bits per heavy atom. The number of piperazine rings is 1. The van der Waals surface area contributed by atoms with Crippen LogP contribution in [0.5, 0.6) is 0 Å². The lowest BCUT2D eigenvalue weighted by Crippen LogP contribution is -2.59. The molecule has 2 rings (SSSR count). The van der Waals surface area contributed by atoms with E-state index in [0.29, 0.717) is 6.42 Å². The molecule has 1 heterocycles. The van der Waals surface area contributed by atoms with Crippen LogP contribution in [-0.2, 0) is 19.6 Å². The second-order valence-electron chi connectivity index (χ2n) is 9.21. The minimum atomic E-state index is -4.12. The van der Waals surface area contributed by atoms with Crippen LogP contribution >= 0.6 is 0 Å². The van der Waals surface area contributed by atoms with E-state index < -0.39 is 32.7 Å². The number of sulfonamides is 1. The lowest BCUT2D eigenvalue weighted by molar-refractivity contribution is -0.387. The van der Waals surface area contributed by atoms with Crippen molar-refractivity contribution < 1.29 is 22.9 Å². The molecular formula is C21H32N4O6S. The summed E-state index contributed by atoms with van der Waals surface area (Å²) in [6.45, 7) is 9.57. The molecule has 1 saturated heterocycles. The number of nitrogens with zero attached hydrogens (tertiary/aromatic N) is 3. The van der Waals surface area contributed by atoms with Gasteiger partial charge >= 0.3 is 0 Å². The molecule has 1 unspecified atom stereocenters. The highest BCUT2D eigenvalue weighted by atomic mass is 32.2. The molecule has 1 aliphatic heterocycles. The molecule has 1 aliphatic rings. The third-order valence-corrected chi connectivity index (χ3v) is 7.36. The van der Waals surface area contributed by atoms with Crippen molar-refractivity contribution in [2.75, 3.05) is 19.6 Å². The summed E-state index contributed by atoms with van der Waals surface area (Å²) in [5, 5.41) is 14.1. The first-order valence-electron chi connectivity index (χ1n) is 10.6. The zero-order valence-corrected chi connectivity index (χ0v) is 20.0. The minimum Gasteiger partial charge on any atom is -0.344 e. The van der Waals surface area contributed by atoms with Crippen LogP contribution in [-0.4, -0.2) is 66.1 Å². The summed E-state index contributed by atoms with van der Waals surface area (Å²) in [4.78, 5) is 36.9. The average Bonchev–Trinajstić information content (AvgIpc) is 2.71. The molecule has 2 atom stereocenters. The highest BCUT2D eigenvalue weighted by molar-refractivity contribution is 7.89. The van der Waals surface area contributed by atoms with E-state index in [1.165, 1.54) is 22.5 Å². The monoisotopic (exact) mass is 468 g/mol. The lowest BCUT2D eigenvalue weighted by Gasteiger charge is -2.40. The van der Waals surface area contributed by atoms with E-state index >= 15 is 0 Å². The van der Waals surface area contributed by atoms with Gasteiger partial charge in [-0.3, -0.25) is 19.7 Å². The third kappa shape index (κ3) is 6.04. The van der Waals surface area contributed by atoms with Crippen LogP contribution in [0.2, 0.25) is 0 Å². The molecule has 0 aromatic heterocycles. The molecule has 0 radical (unpaired) electrons.